The van der Waals surface area contributed by atoms with Crippen LogP contribution in [-0.4, -0.2) is 42.8 Å². The first kappa shape index (κ1) is 24.6. The van der Waals surface area contributed by atoms with Crippen molar-refractivity contribution >= 4 is 23.1 Å². The first-order chi connectivity index (χ1) is 16.8. The van der Waals surface area contributed by atoms with Crippen LogP contribution in [0.25, 0.3) is 0 Å². The van der Waals surface area contributed by atoms with Gasteiger partial charge in [0.05, 0.1) is 0 Å². The van der Waals surface area contributed by atoms with Gasteiger partial charge in [0.25, 0.3) is 5.91 Å². The number of benzene rings is 3. The summed E-state index contributed by atoms with van der Waals surface area (Å²) in [6, 6.07) is 19.0. The van der Waals surface area contributed by atoms with Crippen molar-refractivity contribution < 1.29 is 14.0 Å². The van der Waals surface area contributed by atoms with Crippen molar-refractivity contribution in [3.8, 4) is 0 Å². The van der Waals surface area contributed by atoms with E-state index in [1.807, 2.05) is 30.9 Å². The lowest BCUT2D eigenvalue weighted by atomic mass is 9.89. The number of ketones is 1. The van der Waals surface area contributed by atoms with E-state index in [0.717, 1.165) is 42.7 Å². The van der Waals surface area contributed by atoms with Crippen molar-refractivity contribution in [1.82, 2.24) is 4.90 Å². The number of rotatable bonds is 7. The third-order valence-corrected chi connectivity index (χ3v) is 6.65. The van der Waals surface area contributed by atoms with Crippen molar-refractivity contribution in [3.63, 3.8) is 0 Å². The van der Waals surface area contributed by atoms with Crippen LogP contribution in [0.15, 0.2) is 66.7 Å². The molecule has 0 unspecified atom stereocenters. The van der Waals surface area contributed by atoms with E-state index >= 15 is 0 Å². The van der Waals surface area contributed by atoms with Gasteiger partial charge in [-0.1, -0.05) is 6.07 Å². The molecule has 0 bridgehead atoms. The Morgan fingerprint density at radius 1 is 0.914 bits per heavy atom. The maximum Gasteiger partial charge on any atom is 0.258 e. The van der Waals surface area contributed by atoms with E-state index in [1.165, 1.54) is 12.1 Å². The Kier molecular flexibility index (Phi) is 7.61. The van der Waals surface area contributed by atoms with E-state index in [4.69, 9.17) is 5.73 Å². The lowest BCUT2D eigenvalue weighted by Gasteiger charge is -2.33. The summed E-state index contributed by atoms with van der Waals surface area (Å²) in [4.78, 5) is 30.4. The molecule has 6 heteroatoms. The fourth-order valence-corrected chi connectivity index (χ4v) is 4.75. The normalized spacial score (nSPS) is 14.6. The van der Waals surface area contributed by atoms with Crippen LogP contribution in [0.2, 0.25) is 0 Å². The number of nitrogens with two attached hydrogens (primary N) is 1. The summed E-state index contributed by atoms with van der Waals surface area (Å²) < 4.78 is 13.2. The fraction of sp³-hybridized carbons (Fsp3) is 0.310. The lowest BCUT2D eigenvalue weighted by molar-refractivity contribution is 0.0841. The second kappa shape index (κ2) is 10.8. The van der Waals surface area contributed by atoms with Gasteiger partial charge in [0, 0.05) is 41.5 Å². The Morgan fingerprint density at radius 3 is 2.09 bits per heavy atom. The van der Waals surface area contributed by atoms with Gasteiger partial charge in [-0.3, -0.25) is 9.59 Å². The highest BCUT2D eigenvalue weighted by atomic mass is 19.1. The maximum absolute atomic E-state index is 13.5. The van der Waals surface area contributed by atoms with Gasteiger partial charge >= 0.3 is 0 Å². The van der Waals surface area contributed by atoms with Gasteiger partial charge in [0.15, 0.2) is 5.78 Å². The number of hydrogen-bond acceptors (Lipinski definition) is 4. The number of likely N-dealkylation sites (tertiary alicyclic amines) is 1. The molecule has 0 aromatic heterocycles. The van der Waals surface area contributed by atoms with Crippen molar-refractivity contribution in [2.75, 3.05) is 36.8 Å². The monoisotopic (exact) mass is 473 g/mol. The molecule has 3 aromatic carbocycles. The number of carbonyl (C=O) groups is 2. The van der Waals surface area contributed by atoms with E-state index in [1.54, 1.807) is 36.4 Å². The number of carbonyl (C=O) groups excluding carboxylic acids is 2. The van der Waals surface area contributed by atoms with Crippen molar-refractivity contribution in [2.24, 2.45) is 5.92 Å². The Balaban J connectivity index is 1.42. The van der Waals surface area contributed by atoms with Gasteiger partial charge in [-0.25, -0.2) is 4.39 Å². The van der Waals surface area contributed by atoms with E-state index < -0.39 is 0 Å². The minimum Gasteiger partial charge on any atom is -0.399 e. The third-order valence-electron chi connectivity index (χ3n) is 6.65. The van der Waals surface area contributed by atoms with E-state index in [2.05, 4.69) is 11.0 Å². The zero-order valence-corrected chi connectivity index (χ0v) is 20.3. The fourth-order valence-electron chi connectivity index (χ4n) is 4.75. The number of nitrogens with zero attached hydrogens (tertiary/aromatic N) is 2. The smallest absolute Gasteiger partial charge is 0.258 e. The molecule has 4 rings (SSSR count). The quantitative estimate of drug-likeness (QED) is 0.375. The van der Waals surface area contributed by atoms with Gasteiger partial charge in [-0.15, -0.1) is 0 Å². The van der Waals surface area contributed by atoms with Gasteiger partial charge in [0.1, 0.15) is 5.82 Å². The summed E-state index contributed by atoms with van der Waals surface area (Å²) in [6.07, 6.45) is 1.51. The molecule has 1 heterocycles. The average Bonchev–Trinajstić information content (AvgIpc) is 2.84. The number of Topliss-reactive ketones (excluding diaryl/α,β-unsaturated/α-hetero) is 1. The molecule has 0 atom stereocenters. The molecular formula is C29H32FN3O2. The first-order valence-electron chi connectivity index (χ1n) is 12.1. The number of hydrogen-bond donors (Lipinski definition) is 1. The Bertz CT molecular complexity index is 1160. The summed E-state index contributed by atoms with van der Waals surface area (Å²) >= 11 is 0. The molecule has 2 N–H and O–H groups in total. The molecular weight excluding hydrogens is 441 g/mol. The van der Waals surface area contributed by atoms with Crippen LogP contribution in [0.1, 0.15) is 44.7 Å². The van der Waals surface area contributed by atoms with Crippen LogP contribution in [-0.2, 0) is 0 Å². The van der Waals surface area contributed by atoms with Crippen molar-refractivity contribution in [1.29, 1.82) is 0 Å². The lowest BCUT2D eigenvalue weighted by Crippen LogP contribution is -2.43. The van der Waals surface area contributed by atoms with Crippen molar-refractivity contribution in [3.05, 3.63) is 94.8 Å². The van der Waals surface area contributed by atoms with Gasteiger partial charge in [-0.05, 0) is 112 Å². The first-order valence-corrected chi connectivity index (χ1v) is 12.1. The van der Waals surface area contributed by atoms with E-state index in [9.17, 15) is 14.0 Å². The summed E-state index contributed by atoms with van der Waals surface area (Å²) in [5.74, 6) is -0.363. The van der Waals surface area contributed by atoms with Crippen LogP contribution in [0.5, 0.6) is 0 Å². The SMILES string of the molecule is Cc1cc(C)cc(N(CCN2CCC(C(=O)c3ccc(F)cc3)CC2)C(=O)c2ccc(N)cc2)c1. The number of aryl methyl sites for hydroxylation is 2. The second-order valence-corrected chi connectivity index (χ2v) is 9.41. The molecule has 0 aliphatic carbocycles. The van der Waals surface area contributed by atoms with Crippen LogP contribution in [0.3, 0.4) is 0 Å². The summed E-state index contributed by atoms with van der Waals surface area (Å²) in [7, 11) is 0. The highest BCUT2D eigenvalue weighted by molar-refractivity contribution is 6.06. The summed E-state index contributed by atoms with van der Waals surface area (Å²) in [6.45, 7) is 6.90. The molecule has 1 aliphatic rings. The molecule has 0 saturated carbocycles. The van der Waals surface area contributed by atoms with Gasteiger partial charge in [-0.2, -0.15) is 0 Å². The second-order valence-electron chi connectivity index (χ2n) is 9.41. The number of anilines is 2. The molecule has 35 heavy (non-hydrogen) atoms. The van der Waals surface area contributed by atoms with E-state index in [-0.39, 0.29) is 23.4 Å². The number of amides is 1. The predicted octanol–water partition coefficient (Wildman–Crippen LogP) is 5.27. The van der Waals surface area contributed by atoms with E-state index in [0.29, 0.717) is 29.9 Å². The number of piperidine rings is 1. The minimum absolute atomic E-state index is 0.0522. The predicted molar refractivity (Wildman–Crippen MR) is 138 cm³/mol. The Hall–Kier alpha value is -3.51. The molecule has 0 spiro atoms. The topological polar surface area (TPSA) is 66.6 Å². The molecule has 5 nitrogen and oxygen atoms in total. The number of halogens is 1. The standard InChI is InChI=1S/C29H32FN3O2/c1-20-17-21(2)19-27(18-20)33(29(35)24-5-9-26(31)10-6-24)16-15-32-13-11-23(12-14-32)28(34)22-3-7-25(30)8-4-22/h3-10,17-19,23H,11-16,31H2,1-2H3. The maximum atomic E-state index is 13.5. The Morgan fingerprint density at radius 2 is 1.49 bits per heavy atom. The molecule has 1 fully saturated rings. The van der Waals surface area contributed by atoms with Gasteiger partial charge < -0.3 is 15.5 Å². The molecule has 182 valence electrons. The summed E-state index contributed by atoms with van der Waals surface area (Å²) in [5, 5.41) is 0. The van der Waals surface area contributed by atoms with Crippen molar-refractivity contribution in [2.45, 2.75) is 26.7 Å². The largest absolute Gasteiger partial charge is 0.399 e. The molecule has 0 radical (unpaired) electrons. The summed E-state index contributed by atoms with van der Waals surface area (Å²) in [5.41, 5.74) is 10.7. The Labute approximate surface area is 206 Å². The van der Waals surface area contributed by atoms with Crippen LogP contribution in [0, 0.1) is 25.6 Å². The molecule has 1 aliphatic heterocycles. The van der Waals surface area contributed by atoms with Crippen LogP contribution < -0.4 is 10.6 Å². The zero-order valence-electron chi connectivity index (χ0n) is 20.3. The molecule has 3 aromatic rings. The van der Waals surface area contributed by atoms with Crippen LogP contribution in [0.4, 0.5) is 15.8 Å². The van der Waals surface area contributed by atoms with Crippen LogP contribution >= 0.6 is 0 Å². The molecule has 1 amide bonds. The minimum atomic E-state index is -0.335. The third kappa shape index (κ3) is 6.14. The van der Waals surface area contributed by atoms with Gasteiger partial charge in [0.2, 0.25) is 0 Å². The number of nitrogen functional groups attached to an aromatic ring is 1. The molecule has 1 saturated heterocycles. The zero-order chi connectivity index (χ0) is 24.9. The average molecular weight is 474 g/mol. The highest BCUT2D eigenvalue weighted by Crippen LogP contribution is 2.24. The highest BCUT2D eigenvalue weighted by Gasteiger charge is 2.27.